The Labute approximate surface area is 88.9 Å². The topological polar surface area (TPSA) is 60.2 Å². The van der Waals surface area contributed by atoms with Crippen LogP contribution in [0.1, 0.15) is 25.3 Å². The average Bonchev–Trinajstić information content (AvgIpc) is 2.01. The first-order chi connectivity index (χ1) is 6.32. The van der Waals surface area contributed by atoms with E-state index in [1.54, 1.807) is 12.1 Å². The van der Waals surface area contributed by atoms with E-state index in [0.29, 0.717) is 5.92 Å². The third-order valence-corrected chi connectivity index (χ3v) is 3.32. The molecule has 1 rings (SSSR count). The van der Waals surface area contributed by atoms with Gasteiger partial charge in [-0.1, -0.05) is 31.5 Å². The maximum absolute atomic E-state index is 11.0. The lowest BCUT2D eigenvalue weighted by atomic mass is 10.0. The lowest BCUT2D eigenvalue weighted by Gasteiger charge is -2.07. The number of rotatable bonds is 2. The van der Waals surface area contributed by atoms with Crippen LogP contribution in [0.4, 0.5) is 0 Å². The van der Waals surface area contributed by atoms with E-state index in [1.807, 2.05) is 13.8 Å². The summed E-state index contributed by atoms with van der Waals surface area (Å²) in [4.78, 5) is -0.0245. The molecule has 0 aliphatic rings. The van der Waals surface area contributed by atoms with E-state index in [-0.39, 0.29) is 9.92 Å². The van der Waals surface area contributed by atoms with E-state index in [9.17, 15) is 8.42 Å². The molecule has 1 aromatic rings. The van der Waals surface area contributed by atoms with Crippen molar-refractivity contribution >= 4 is 21.6 Å². The molecule has 14 heavy (non-hydrogen) atoms. The molecular formula is C9H12ClNO2S. The summed E-state index contributed by atoms with van der Waals surface area (Å²) in [6.07, 6.45) is 0. The average molecular weight is 234 g/mol. The molecule has 0 heterocycles. The second kappa shape index (κ2) is 3.88. The second-order valence-corrected chi connectivity index (χ2v) is 5.33. The fourth-order valence-corrected chi connectivity index (χ4v) is 2.21. The van der Waals surface area contributed by atoms with Crippen LogP contribution in [0, 0.1) is 0 Å². The molecule has 0 spiro atoms. The highest BCUT2D eigenvalue weighted by atomic mass is 35.5. The first-order valence-electron chi connectivity index (χ1n) is 4.14. The molecule has 0 aliphatic carbocycles. The zero-order chi connectivity index (χ0) is 10.9. The van der Waals surface area contributed by atoms with Gasteiger partial charge in [-0.15, -0.1) is 0 Å². The molecule has 0 saturated heterocycles. The van der Waals surface area contributed by atoms with E-state index in [0.717, 1.165) is 5.56 Å². The summed E-state index contributed by atoms with van der Waals surface area (Å²) in [5.41, 5.74) is 0.988. The van der Waals surface area contributed by atoms with Gasteiger partial charge in [0.05, 0.1) is 5.02 Å². The van der Waals surface area contributed by atoms with Gasteiger partial charge in [0.25, 0.3) is 0 Å². The third kappa shape index (κ3) is 2.47. The molecule has 0 radical (unpaired) electrons. The van der Waals surface area contributed by atoms with E-state index in [4.69, 9.17) is 16.7 Å². The number of hydrogen-bond donors (Lipinski definition) is 1. The van der Waals surface area contributed by atoms with Gasteiger partial charge >= 0.3 is 0 Å². The Bertz CT molecular complexity index is 440. The predicted octanol–water partition coefficient (Wildman–Crippen LogP) is 2.11. The summed E-state index contributed by atoms with van der Waals surface area (Å²) >= 11 is 5.80. The second-order valence-electron chi connectivity index (χ2n) is 3.39. The van der Waals surface area contributed by atoms with Gasteiger partial charge in [-0.2, -0.15) is 0 Å². The van der Waals surface area contributed by atoms with Crippen molar-refractivity contribution in [2.24, 2.45) is 5.14 Å². The molecule has 0 bridgehead atoms. The van der Waals surface area contributed by atoms with Crippen molar-refractivity contribution in [1.82, 2.24) is 0 Å². The molecule has 2 N–H and O–H groups in total. The van der Waals surface area contributed by atoms with Crippen LogP contribution in [-0.2, 0) is 10.0 Å². The number of halogens is 1. The Kier molecular flexibility index (Phi) is 3.19. The Balaban J connectivity index is 3.28. The zero-order valence-corrected chi connectivity index (χ0v) is 9.56. The molecular weight excluding hydrogens is 222 g/mol. The molecule has 0 aromatic heterocycles. The third-order valence-electron chi connectivity index (χ3n) is 1.93. The van der Waals surface area contributed by atoms with Crippen molar-refractivity contribution < 1.29 is 8.42 Å². The van der Waals surface area contributed by atoms with Gasteiger partial charge in [-0.25, -0.2) is 13.6 Å². The smallest absolute Gasteiger partial charge is 0.225 e. The van der Waals surface area contributed by atoms with Crippen LogP contribution in [0.2, 0.25) is 5.02 Å². The minimum absolute atomic E-state index is 0.0245. The maximum atomic E-state index is 11.0. The van der Waals surface area contributed by atoms with Crippen LogP contribution < -0.4 is 5.14 Å². The highest BCUT2D eigenvalue weighted by molar-refractivity contribution is 7.89. The number of primary sulfonamides is 1. The van der Waals surface area contributed by atoms with Crippen molar-refractivity contribution in [2.45, 2.75) is 24.7 Å². The highest BCUT2D eigenvalue weighted by Gasteiger charge is 2.13. The molecule has 0 saturated carbocycles. The van der Waals surface area contributed by atoms with E-state index >= 15 is 0 Å². The molecule has 5 heteroatoms. The molecule has 78 valence electrons. The Morgan fingerprint density at radius 1 is 1.36 bits per heavy atom. The summed E-state index contributed by atoms with van der Waals surface area (Å²) in [5.74, 6) is 0.307. The van der Waals surface area contributed by atoms with E-state index in [2.05, 4.69) is 0 Å². The minimum atomic E-state index is -3.71. The Hall–Kier alpha value is -0.580. The van der Waals surface area contributed by atoms with Crippen LogP contribution in [-0.4, -0.2) is 8.42 Å². The van der Waals surface area contributed by atoms with Gasteiger partial charge in [0.1, 0.15) is 4.90 Å². The van der Waals surface area contributed by atoms with Crippen molar-refractivity contribution in [3.05, 3.63) is 28.8 Å². The molecule has 0 aliphatic heterocycles. The molecule has 0 fully saturated rings. The molecule has 0 unspecified atom stereocenters. The SMILES string of the molecule is CC(C)c1ccc(S(N)(=O)=O)c(Cl)c1. The largest absolute Gasteiger partial charge is 0.239 e. The highest BCUT2D eigenvalue weighted by Crippen LogP contribution is 2.25. The number of nitrogens with two attached hydrogens (primary N) is 1. The van der Waals surface area contributed by atoms with Crippen molar-refractivity contribution in [2.75, 3.05) is 0 Å². The monoisotopic (exact) mass is 233 g/mol. The molecule has 0 atom stereocenters. The van der Waals surface area contributed by atoms with Gasteiger partial charge in [0, 0.05) is 0 Å². The summed E-state index contributed by atoms with van der Waals surface area (Å²) in [6.45, 7) is 4.00. The predicted molar refractivity (Wildman–Crippen MR) is 56.9 cm³/mol. The summed E-state index contributed by atoms with van der Waals surface area (Å²) in [7, 11) is -3.71. The van der Waals surface area contributed by atoms with E-state index < -0.39 is 10.0 Å². The number of benzene rings is 1. The van der Waals surface area contributed by atoms with Gasteiger partial charge in [-0.05, 0) is 23.6 Å². The van der Waals surface area contributed by atoms with Crippen LogP contribution >= 0.6 is 11.6 Å². The van der Waals surface area contributed by atoms with Crippen molar-refractivity contribution in [3.8, 4) is 0 Å². The minimum Gasteiger partial charge on any atom is -0.225 e. The maximum Gasteiger partial charge on any atom is 0.239 e. The quantitative estimate of drug-likeness (QED) is 0.851. The van der Waals surface area contributed by atoms with Crippen LogP contribution in [0.3, 0.4) is 0 Å². The normalized spacial score (nSPS) is 12.1. The zero-order valence-electron chi connectivity index (χ0n) is 7.99. The summed E-state index contributed by atoms with van der Waals surface area (Å²) in [6, 6.07) is 4.79. The molecule has 3 nitrogen and oxygen atoms in total. The first kappa shape index (κ1) is 11.5. The van der Waals surface area contributed by atoms with Gasteiger partial charge < -0.3 is 0 Å². The fourth-order valence-electron chi connectivity index (χ4n) is 1.11. The summed E-state index contributed by atoms with van der Waals surface area (Å²) in [5, 5.41) is 5.15. The van der Waals surface area contributed by atoms with Gasteiger partial charge in [-0.3, -0.25) is 0 Å². The standard InChI is InChI=1S/C9H12ClNO2S/c1-6(2)7-3-4-9(8(10)5-7)14(11,12)13/h3-6H,1-2H3,(H2,11,12,13). The molecule has 1 aromatic carbocycles. The Morgan fingerprint density at radius 2 is 1.93 bits per heavy atom. The van der Waals surface area contributed by atoms with Crippen LogP contribution in [0.5, 0.6) is 0 Å². The van der Waals surface area contributed by atoms with Crippen molar-refractivity contribution in [1.29, 1.82) is 0 Å². The first-order valence-corrected chi connectivity index (χ1v) is 6.07. The number of sulfonamides is 1. The lowest BCUT2D eigenvalue weighted by Crippen LogP contribution is -2.12. The van der Waals surface area contributed by atoms with Gasteiger partial charge in [0.15, 0.2) is 0 Å². The van der Waals surface area contributed by atoms with Crippen molar-refractivity contribution in [3.63, 3.8) is 0 Å². The molecule has 0 amide bonds. The number of hydrogen-bond acceptors (Lipinski definition) is 2. The summed E-state index contributed by atoms with van der Waals surface area (Å²) < 4.78 is 22.1. The Morgan fingerprint density at radius 3 is 2.29 bits per heavy atom. The van der Waals surface area contributed by atoms with Crippen LogP contribution in [0.25, 0.3) is 0 Å². The van der Waals surface area contributed by atoms with Gasteiger partial charge in [0.2, 0.25) is 10.0 Å². The fraction of sp³-hybridized carbons (Fsp3) is 0.333. The lowest BCUT2D eigenvalue weighted by molar-refractivity contribution is 0.598. The van der Waals surface area contributed by atoms with E-state index in [1.165, 1.54) is 6.07 Å². The van der Waals surface area contributed by atoms with Crippen LogP contribution in [0.15, 0.2) is 23.1 Å².